The highest BCUT2D eigenvalue weighted by molar-refractivity contribution is 4.89. The molecule has 1 N–H and O–H groups in total. The first kappa shape index (κ1) is 11.0. The SMILES string of the molecule is CC(C1CC1)N1CCC(NCC2CC2)CC1. The van der Waals surface area contributed by atoms with Crippen molar-refractivity contribution >= 4 is 0 Å². The number of rotatable bonds is 5. The summed E-state index contributed by atoms with van der Waals surface area (Å²) in [5.74, 6) is 2.07. The largest absolute Gasteiger partial charge is 0.314 e. The van der Waals surface area contributed by atoms with Gasteiger partial charge in [-0.05, 0) is 76.9 Å². The van der Waals surface area contributed by atoms with Gasteiger partial charge in [0, 0.05) is 12.1 Å². The van der Waals surface area contributed by atoms with Gasteiger partial charge in [-0.15, -0.1) is 0 Å². The van der Waals surface area contributed by atoms with E-state index in [-0.39, 0.29) is 0 Å². The van der Waals surface area contributed by atoms with Crippen molar-refractivity contribution < 1.29 is 0 Å². The van der Waals surface area contributed by atoms with Crippen molar-refractivity contribution in [2.24, 2.45) is 11.8 Å². The van der Waals surface area contributed by atoms with Crippen molar-refractivity contribution in [3.63, 3.8) is 0 Å². The fourth-order valence-electron chi connectivity index (χ4n) is 3.04. The number of piperidine rings is 1. The van der Waals surface area contributed by atoms with Gasteiger partial charge in [0.15, 0.2) is 0 Å². The molecule has 0 bridgehead atoms. The van der Waals surface area contributed by atoms with Gasteiger partial charge in [0.25, 0.3) is 0 Å². The number of hydrogen-bond acceptors (Lipinski definition) is 2. The van der Waals surface area contributed by atoms with E-state index in [2.05, 4.69) is 17.1 Å². The Morgan fingerprint density at radius 3 is 2.31 bits per heavy atom. The molecule has 16 heavy (non-hydrogen) atoms. The summed E-state index contributed by atoms with van der Waals surface area (Å²) >= 11 is 0. The van der Waals surface area contributed by atoms with E-state index in [1.807, 2.05) is 0 Å². The third-order valence-corrected chi connectivity index (χ3v) is 4.80. The van der Waals surface area contributed by atoms with Crippen molar-refractivity contribution in [1.82, 2.24) is 10.2 Å². The van der Waals surface area contributed by atoms with E-state index in [0.717, 1.165) is 23.9 Å². The summed E-state index contributed by atoms with van der Waals surface area (Å²) in [7, 11) is 0. The van der Waals surface area contributed by atoms with Crippen molar-refractivity contribution in [3.05, 3.63) is 0 Å². The highest BCUT2D eigenvalue weighted by Gasteiger charge is 2.33. The minimum Gasteiger partial charge on any atom is -0.314 e. The average molecular weight is 222 g/mol. The molecule has 0 aromatic carbocycles. The Morgan fingerprint density at radius 1 is 1.06 bits per heavy atom. The second kappa shape index (κ2) is 4.66. The third-order valence-electron chi connectivity index (χ3n) is 4.80. The van der Waals surface area contributed by atoms with Crippen LogP contribution in [0.4, 0.5) is 0 Å². The van der Waals surface area contributed by atoms with Crippen LogP contribution in [0.3, 0.4) is 0 Å². The lowest BCUT2D eigenvalue weighted by molar-refractivity contribution is 0.138. The standard InChI is InChI=1S/C14H26N2/c1-11(13-4-5-13)16-8-6-14(7-9-16)15-10-12-2-3-12/h11-15H,2-10H2,1H3. The van der Waals surface area contributed by atoms with E-state index in [0.29, 0.717) is 0 Å². The smallest absolute Gasteiger partial charge is 0.00952 e. The molecule has 3 fully saturated rings. The Hall–Kier alpha value is -0.0800. The van der Waals surface area contributed by atoms with E-state index in [9.17, 15) is 0 Å². The Bertz CT molecular complexity index is 225. The lowest BCUT2D eigenvalue weighted by atomic mass is 10.0. The molecule has 3 aliphatic rings. The molecule has 1 aliphatic heterocycles. The van der Waals surface area contributed by atoms with E-state index in [1.165, 1.54) is 58.2 Å². The summed E-state index contributed by atoms with van der Waals surface area (Å²) in [5, 5.41) is 3.76. The molecule has 2 heteroatoms. The molecule has 2 nitrogen and oxygen atoms in total. The summed E-state index contributed by atoms with van der Waals surface area (Å²) in [6.45, 7) is 6.40. The van der Waals surface area contributed by atoms with Gasteiger partial charge >= 0.3 is 0 Å². The minimum atomic E-state index is 0.822. The Labute approximate surface area is 99.8 Å². The molecule has 0 spiro atoms. The number of nitrogens with one attached hydrogen (secondary N) is 1. The topological polar surface area (TPSA) is 15.3 Å². The highest BCUT2D eigenvalue weighted by atomic mass is 15.2. The monoisotopic (exact) mass is 222 g/mol. The van der Waals surface area contributed by atoms with Crippen LogP contribution in [0.15, 0.2) is 0 Å². The van der Waals surface area contributed by atoms with Gasteiger partial charge in [0.05, 0.1) is 0 Å². The quantitative estimate of drug-likeness (QED) is 0.767. The van der Waals surface area contributed by atoms with Crippen LogP contribution in [0.5, 0.6) is 0 Å². The van der Waals surface area contributed by atoms with E-state index in [4.69, 9.17) is 0 Å². The van der Waals surface area contributed by atoms with E-state index >= 15 is 0 Å². The molecule has 2 saturated carbocycles. The van der Waals surface area contributed by atoms with Crippen molar-refractivity contribution in [1.29, 1.82) is 0 Å². The summed E-state index contributed by atoms with van der Waals surface area (Å²) in [5.41, 5.74) is 0. The van der Waals surface area contributed by atoms with Crippen LogP contribution in [0.1, 0.15) is 45.4 Å². The summed E-state index contributed by atoms with van der Waals surface area (Å²) in [6, 6.07) is 1.69. The van der Waals surface area contributed by atoms with Crippen LogP contribution in [0.25, 0.3) is 0 Å². The molecule has 2 aliphatic carbocycles. The van der Waals surface area contributed by atoms with Crippen molar-refractivity contribution in [2.45, 2.75) is 57.5 Å². The van der Waals surface area contributed by atoms with Gasteiger partial charge in [-0.3, -0.25) is 0 Å². The fraction of sp³-hybridized carbons (Fsp3) is 1.00. The highest BCUT2D eigenvalue weighted by Crippen LogP contribution is 2.36. The number of nitrogens with zero attached hydrogens (tertiary/aromatic N) is 1. The molecule has 3 rings (SSSR count). The summed E-state index contributed by atoms with van der Waals surface area (Å²) in [6.07, 6.45) is 8.69. The lowest BCUT2D eigenvalue weighted by Gasteiger charge is -2.36. The Kier molecular flexibility index (Phi) is 3.21. The van der Waals surface area contributed by atoms with Gasteiger partial charge in [0.2, 0.25) is 0 Å². The number of likely N-dealkylation sites (tertiary alicyclic amines) is 1. The van der Waals surface area contributed by atoms with Gasteiger partial charge in [-0.2, -0.15) is 0 Å². The normalized spacial score (nSPS) is 30.6. The van der Waals surface area contributed by atoms with Crippen LogP contribution in [-0.4, -0.2) is 36.6 Å². The van der Waals surface area contributed by atoms with Gasteiger partial charge in [-0.1, -0.05) is 0 Å². The Balaban J connectivity index is 1.37. The zero-order chi connectivity index (χ0) is 11.0. The maximum atomic E-state index is 3.76. The Morgan fingerprint density at radius 2 is 1.75 bits per heavy atom. The van der Waals surface area contributed by atoms with Crippen LogP contribution in [-0.2, 0) is 0 Å². The van der Waals surface area contributed by atoms with Gasteiger partial charge < -0.3 is 10.2 Å². The molecule has 0 amide bonds. The second-order valence-electron chi connectivity index (χ2n) is 6.24. The molecule has 0 aromatic heterocycles. The second-order valence-corrected chi connectivity index (χ2v) is 6.24. The summed E-state index contributed by atoms with van der Waals surface area (Å²) in [4.78, 5) is 2.73. The molecular weight excluding hydrogens is 196 g/mol. The molecule has 0 radical (unpaired) electrons. The van der Waals surface area contributed by atoms with Crippen LogP contribution >= 0.6 is 0 Å². The minimum absolute atomic E-state index is 0.822. The van der Waals surface area contributed by atoms with Crippen LogP contribution < -0.4 is 5.32 Å². The number of hydrogen-bond donors (Lipinski definition) is 1. The summed E-state index contributed by atoms with van der Waals surface area (Å²) < 4.78 is 0. The fourth-order valence-corrected chi connectivity index (χ4v) is 3.04. The van der Waals surface area contributed by atoms with Crippen molar-refractivity contribution in [3.8, 4) is 0 Å². The zero-order valence-electron chi connectivity index (χ0n) is 10.6. The molecule has 0 aromatic rings. The van der Waals surface area contributed by atoms with E-state index in [1.54, 1.807) is 0 Å². The predicted octanol–water partition coefficient (Wildman–Crippen LogP) is 2.25. The average Bonchev–Trinajstić information content (AvgIpc) is 3.19. The molecule has 1 atom stereocenters. The lowest BCUT2D eigenvalue weighted by Crippen LogP contribution is -2.46. The third kappa shape index (κ3) is 2.78. The van der Waals surface area contributed by atoms with Crippen LogP contribution in [0, 0.1) is 11.8 Å². The van der Waals surface area contributed by atoms with Gasteiger partial charge in [-0.25, -0.2) is 0 Å². The maximum Gasteiger partial charge on any atom is 0.00952 e. The first-order chi connectivity index (χ1) is 7.83. The molecule has 92 valence electrons. The van der Waals surface area contributed by atoms with Crippen molar-refractivity contribution in [2.75, 3.05) is 19.6 Å². The zero-order valence-corrected chi connectivity index (χ0v) is 10.6. The van der Waals surface area contributed by atoms with Gasteiger partial charge in [0.1, 0.15) is 0 Å². The molecule has 1 unspecified atom stereocenters. The maximum absolute atomic E-state index is 3.76. The molecule has 1 saturated heterocycles. The first-order valence-electron chi connectivity index (χ1n) is 7.30. The van der Waals surface area contributed by atoms with Crippen LogP contribution in [0.2, 0.25) is 0 Å². The molecular formula is C14H26N2. The first-order valence-corrected chi connectivity index (χ1v) is 7.30. The van der Waals surface area contributed by atoms with E-state index < -0.39 is 0 Å². The molecule has 1 heterocycles. The predicted molar refractivity (Wildman–Crippen MR) is 67.5 cm³/mol.